The summed E-state index contributed by atoms with van der Waals surface area (Å²) < 4.78 is 7.12. The lowest BCUT2D eigenvalue weighted by atomic mass is 10.2. The molecule has 0 aliphatic carbocycles. The number of ether oxygens (including phenoxy) is 1. The lowest BCUT2D eigenvalue weighted by molar-refractivity contribution is -0.123. The summed E-state index contributed by atoms with van der Waals surface area (Å²) in [6, 6.07) is 8.91. The second kappa shape index (κ2) is 7.35. The summed E-state index contributed by atoms with van der Waals surface area (Å²) in [5.74, 6) is -0.982. The van der Waals surface area contributed by atoms with Crippen molar-refractivity contribution in [1.29, 1.82) is 0 Å². The van der Waals surface area contributed by atoms with Crippen LogP contribution in [0.1, 0.15) is 17.3 Å². The van der Waals surface area contributed by atoms with E-state index < -0.39 is 18.0 Å². The standard InChI is InChI=1S/C18H15Cl2N3O3/c1-10(17(24)22-16-14(20)7-11(19)8-21-16)26-18(25)13-9-23(2)15-6-4-3-5-12(13)15/h3-10H,1-2H3,(H,21,22,24)/t10-/m1/s1. The molecule has 0 saturated carbocycles. The van der Waals surface area contributed by atoms with Crippen LogP contribution in [-0.4, -0.2) is 27.5 Å². The van der Waals surface area contributed by atoms with Gasteiger partial charge in [-0.3, -0.25) is 4.79 Å². The largest absolute Gasteiger partial charge is 0.449 e. The third-order valence-corrected chi connectivity index (χ3v) is 4.31. The Morgan fingerprint density at radius 2 is 2.00 bits per heavy atom. The van der Waals surface area contributed by atoms with E-state index in [-0.39, 0.29) is 10.8 Å². The van der Waals surface area contributed by atoms with E-state index in [1.54, 1.807) is 6.20 Å². The van der Waals surface area contributed by atoms with E-state index in [1.807, 2.05) is 35.9 Å². The lowest BCUT2D eigenvalue weighted by Gasteiger charge is -2.13. The second-order valence-electron chi connectivity index (χ2n) is 5.69. The van der Waals surface area contributed by atoms with Gasteiger partial charge in [0, 0.05) is 30.3 Å². The van der Waals surface area contributed by atoms with E-state index in [9.17, 15) is 9.59 Å². The first kappa shape index (κ1) is 18.2. The van der Waals surface area contributed by atoms with E-state index in [0.717, 1.165) is 10.9 Å². The molecule has 134 valence electrons. The van der Waals surface area contributed by atoms with Gasteiger partial charge in [-0.1, -0.05) is 41.4 Å². The Kier molecular flexibility index (Phi) is 5.15. The van der Waals surface area contributed by atoms with Crippen molar-refractivity contribution in [2.45, 2.75) is 13.0 Å². The number of anilines is 1. The third-order valence-electron chi connectivity index (χ3n) is 3.82. The number of fused-ring (bicyclic) bond motifs is 1. The Hall–Kier alpha value is -2.57. The number of nitrogens with one attached hydrogen (secondary N) is 1. The number of esters is 1. The molecule has 1 atom stereocenters. The number of aryl methyl sites for hydroxylation is 1. The van der Waals surface area contributed by atoms with Crippen molar-refractivity contribution in [2.24, 2.45) is 7.05 Å². The van der Waals surface area contributed by atoms with Crippen molar-refractivity contribution in [1.82, 2.24) is 9.55 Å². The van der Waals surface area contributed by atoms with Gasteiger partial charge in [-0.25, -0.2) is 9.78 Å². The molecule has 0 fully saturated rings. The van der Waals surface area contributed by atoms with Crippen molar-refractivity contribution in [2.75, 3.05) is 5.32 Å². The van der Waals surface area contributed by atoms with Crippen molar-refractivity contribution in [3.05, 3.63) is 58.3 Å². The van der Waals surface area contributed by atoms with E-state index in [4.69, 9.17) is 27.9 Å². The van der Waals surface area contributed by atoms with Gasteiger partial charge in [0.05, 0.1) is 15.6 Å². The molecule has 0 bridgehead atoms. The van der Waals surface area contributed by atoms with E-state index in [2.05, 4.69) is 10.3 Å². The molecule has 0 unspecified atom stereocenters. The monoisotopic (exact) mass is 391 g/mol. The molecular weight excluding hydrogens is 377 g/mol. The maximum absolute atomic E-state index is 12.5. The van der Waals surface area contributed by atoms with Crippen LogP contribution in [-0.2, 0) is 16.6 Å². The van der Waals surface area contributed by atoms with Crippen LogP contribution in [0.15, 0.2) is 42.7 Å². The predicted molar refractivity (Wildman–Crippen MR) is 101 cm³/mol. The van der Waals surface area contributed by atoms with Crippen molar-refractivity contribution >= 4 is 51.8 Å². The average molecular weight is 392 g/mol. The zero-order valence-corrected chi connectivity index (χ0v) is 15.5. The highest BCUT2D eigenvalue weighted by atomic mass is 35.5. The number of rotatable bonds is 4. The molecule has 3 rings (SSSR count). The summed E-state index contributed by atoms with van der Waals surface area (Å²) in [4.78, 5) is 28.7. The number of hydrogen-bond acceptors (Lipinski definition) is 4. The summed E-state index contributed by atoms with van der Waals surface area (Å²) in [5.41, 5.74) is 1.29. The first-order valence-electron chi connectivity index (χ1n) is 7.73. The van der Waals surface area contributed by atoms with Gasteiger partial charge in [0.2, 0.25) is 0 Å². The van der Waals surface area contributed by atoms with Crippen LogP contribution >= 0.6 is 23.2 Å². The van der Waals surface area contributed by atoms with Crippen molar-refractivity contribution in [3.8, 4) is 0 Å². The van der Waals surface area contributed by atoms with Crippen LogP contribution < -0.4 is 5.32 Å². The van der Waals surface area contributed by atoms with Gasteiger partial charge >= 0.3 is 5.97 Å². The molecule has 0 saturated heterocycles. The molecule has 0 aliphatic rings. The molecule has 3 aromatic rings. The molecule has 1 N–H and O–H groups in total. The Morgan fingerprint density at radius 3 is 2.73 bits per heavy atom. The zero-order chi connectivity index (χ0) is 18.8. The Bertz CT molecular complexity index is 1000. The number of pyridine rings is 1. The maximum atomic E-state index is 12.5. The molecule has 26 heavy (non-hydrogen) atoms. The molecular formula is C18H15Cl2N3O3. The highest BCUT2D eigenvalue weighted by Crippen LogP contribution is 2.24. The highest BCUT2D eigenvalue weighted by molar-refractivity contribution is 6.36. The first-order chi connectivity index (χ1) is 12.4. The fourth-order valence-electron chi connectivity index (χ4n) is 2.51. The summed E-state index contributed by atoms with van der Waals surface area (Å²) >= 11 is 11.7. The topological polar surface area (TPSA) is 73.2 Å². The minimum absolute atomic E-state index is 0.147. The van der Waals surface area contributed by atoms with Gasteiger partial charge in [-0.05, 0) is 19.1 Å². The lowest BCUT2D eigenvalue weighted by Crippen LogP contribution is -2.30. The average Bonchev–Trinajstić information content (AvgIpc) is 2.94. The van der Waals surface area contributed by atoms with Crippen molar-refractivity contribution in [3.63, 3.8) is 0 Å². The maximum Gasteiger partial charge on any atom is 0.341 e. The summed E-state index contributed by atoms with van der Waals surface area (Å²) in [6.07, 6.45) is 2.00. The first-order valence-corrected chi connectivity index (χ1v) is 8.49. The Morgan fingerprint density at radius 1 is 1.27 bits per heavy atom. The number of hydrogen-bond donors (Lipinski definition) is 1. The van der Waals surface area contributed by atoms with Crippen LogP contribution in [0, 0.1) is 0 Å². The van der Waals surface area contributed by atoms with Gasteiger partial charge in [0.25, 0.3) is 5.91 Å². The molecule has 0 aliphatic heterocycles. The van der Waals surface area contributed by atoms with Crippen LogP contribution in [0.4, 0.5) is 5.82 Å². The molecule has 6 nitrogen and oxygen atoms in total. The number of amides is 1. The predicted octanol–water partition coefficient (Wildman–Crippen LogP) is 4.06. The summed E-state index contributed by atoms with van der Waals surface area (Å²) in [6.45, 7) is 1.47. The van der Waals surface area contributed by atoms with Crippen LogP contribution in [0.3, 0.4) is 0 Å². The van der Waals surface area contributed by atoms with Gasteiger partial charge in [0.15, 0.2) is 11.9 Å². The minimum Gasteiger partial charge on any atom is -0.449 e. The number of carbonyl (C=O) groups excluding carboxylic acids is 2. The smallest absolute Gasteiger partial charge is 0.341 e. The SMILES string of the molecule is C[C@@H](OC(=O)c1cn(C)c2ccccc12)C(=O)Nc1ncc(Cl)cc1Cl. The Labute approximate surface area is 159 Å². The van der Waals surface area contributed by atoms with Crippen LogP contribution in [0.25, 0.3) is 10.9 Å². The molecule has 2 heterocycles. The molecule has 2 aromatic heterocycles. The highest BCUT2D eigenvalue weighted by Gasteiger charge is 2.22. The fraction of sp³-hybridized carbons (Fsp3) is 0.167. The number of halogens is 2. The second-order valence-corrected chi connectivity index (χ2v) is 6.54. The fourth-order valence-corrected chi connectivity index (χ4v) is 2.93. The van der Waals surface area contributed by atoms with Gasteiger partial charge in [-0.15, -0.1) is 0 Å². The number of aromatic nitrogens is 2. The number of carbonyl (C=O) groups is 2. The summed E-state index contributed by atoms with van der Waals surface area (Å²) in [5, 5.41) is 3.82. The molecule has 0 spiro atoms. The van der Waals surface area contributed by atoms with Gasteiger partial charge < -0.3 is 14.6 Å². The zero-order valence-electron chi connectivity index (χ0n) is 14.0. The Balaban J connectivity index is 1.73. The molecule has 8 heteroatoms. The molecule has 0 radical (unpaired) electrons. The number of para-hydroxylation sites is 1. The third kappa shape index (κ3) is 3.66. The van der Waals surface area contributed by atoms with Crippen LogP contribution in [0.5, 0.6) is 0 Å². The van der Waals surface area contributed by atoms with Gasteiger partial charge in [0.1, 0.15) is 0 Å². The number of nitrogens with zero attached hydrogens (tertiary/aromatic N) is 2. The molecule has 1 aromatic carbocycles. The van der Waals surface area contributed by atoms with E-state index >= 15 is 0 Å². The van der Waals surface area contributed by atoms with Gasteiger partial charge in [-0.2, -0.15) is 0 Å². The quantitative estimate of drug-likeness (QED) is 0.680. The van der Waals surface area contributed by atoms with E-state index in [1.165, 1.54) is 19.2 Å². The van der Waals surface area contributed by atoms with Crippen LogP contribution in [0.2, 0.25) is 10.0 Å². The van der Waals surface area contributed by atoms with E-state index in [0.29, 0.717) is 10.6 Å². The normalized spacial score (nSPS) is 12.0. The molecule has 1 amide bonds. The summed E-state index contributed by atoms with van der Waals surface area (Å²) in [7, 11) is 1.84. The minimum atomic E-state index is -1.03. The van der Waals surface area contributed by atoms with Crippen molar-refractivity contribution < 1.29 is 14.3 Å². The number of benzene rings is 1.